The fraction of sp³-hybridized carbons (Fsp3) is 0.200. The lowest BCUT2D eigenvalue weighted by Crippen LogP contribution is -1.92. The first-order valence-corrected chi connectivity index (χ1v) is 7.80. The molecule has 1 aliphatic rings. The van der Waals surface area contributed by atoms with Crippen molar-refractivity contribution in [2.24, 2.45) is 0 Å². The topological polar surface area (TPSA) is 66.0 Å². The van der Waals surface area contributed by atoms with Gasteiger partial charge in [0.05, 0.1) is 23.6 Å². The van der Waals surface area contributed by atoms with Gasteiger partial charge in [-0.2, -0.15) is 5.10 Å². The summed E-state index contributed by atoms with van der Waals surface area (Å²) in [5.74, 6) is -0.124. The van der Waals surface area contributed by atoms with Crippen LogP contribution < -0.4 is 10.5 Å². The smallest absolute Gasteiger partial charge is 0.279 e. The highest BCUT2D eigenvalue weighted by atomic mass is 32.1. The second-order valence-corrected chi connectivity index (χ2v) is 6.04. The van der Waals surface area contributed by atoms with Crippen molar-refractivity contribution in [2.45, 2.75) is 18.9 Å². The number of nitrogens with two attached hydrogens (primary N) is 1. The molecule has 5 nitrogen and oxygen atoms in total. The Morgan fingerprint density at radius 1 is 1.36 bits per heavy atom. The van der Waals surface area contributed by atoms with Crippen molar-refractivity contribution in [1.82, 2.24) is 14.8 Å². The highest BCUT2D eigenvalue weighted by Gasteiger charge is 2.24. The van der Waals surface area contributed by atoms with Crippen LogP contribution in [-0.2, 0) is 0 Å². The number of halogens is 1. The Morgan fingerprint density at radius 3 is 3.00 bits per heavy atom. The predicted molar refractivity (Wildman–Crippen MR) is 82.5 cm³/mol. The van der Waals surface area contributed by atoms with Gasteiger partial charge in [0.1, 0.15) is 11.6 Å². The van der Waals surface area contributed by atoms with Crippen LogP contribution in [0.5, 0.6) is 10.9 Å². The Labute approximate surface area is 130 Å². The minimum atomic E-state index is -0.500. The van der Waals surface area contributed by atoms with Crippen LogP contribution in [-0.4, -0.2) is 14.8 Å². The third-order valence-corrected chi connectivity index (χ3v) is 4.20. The number of hydrogen-bond donors (Lipinski definition) is 1. The molecule has 0 radical (unpaired) electrons. The lowest BCUT2D eigenvalue weighted by atomic mass is 10.3. The molecule has 0 bridgehead atoms. The number of hydrogen-bond acceptors (Lipinski definition) is 5. The van der Waals surface area contributed by atoms with Crippen molar-refractivity contribution in [3.63, 3.8) is 0 Å². The van der Waals surface area contributed by atoms with E-state index in [4.69, 9.17) is 10.5 Å². The van der Waals surface area contributed by atoms with Gasteiger partial charge in [-0.15, -0.1) is 0 Å². The SMILES string of the molecule is Nc1ccc(Oc2nc(-c3cnn(C4CC4)c3)cs2)cc1F. The van der Waals surface area contributed by atoms with Crippen molar-refractivity contribution in [1.29, 1.82) is 0 Å². The lowest BCUT2D eigenvalue weighted by Gasteiger charge is -2.02. The molecular weight excluding hydrogens is 303 g/mol. The summed E-state index contributed by atoms with van der Waals surface area (Å²) in [6.07, 6.45) is 6.18. The average Bonchev–Trinajstić information content (AvgIpc) is 3.06. The summed E-state index contributed by atoms with van der Waals surface area (Å²) >= 11 is 1.36. The molecule has 7 heteroatoms. The number of nitrogens with zero attached hydrogens (tertiary/aromatic N) is 3. The molecule has 2 aromatic heterocycles. The van der Waals surface area contributed by atoms with Gasteiger partial charge in [-0.25, -0.2) is 9.37 Å². The van der Waals surface area contributed by atoms with Crippen molar-refractivity contribution in [2.75, 3.05) is 5.73 Å². The van der Waals surface area contributed by atoms with Crippen LogP contribution >= 0.6 is 11.3 Å². The van der Waals surface area contributed by atoms with E-state index in [0.29, 0.717) is 17.0 Å². The van der Waals surface area contributed by atoms with Gasteiger partial charge < -0.3 is 10.5 Å². The molecule has 0 spiro atoms. The van der Waals surface area contributed by atoms with Gasteiger partial charge in [-0.05, 0) is 25.0 Å². The summed E-state index contributed by atoms with van der Waals surface area (Å²) in [7, 11) is 0. The third kappa shape index (κ3) is 2.55. The maximum atomic E-state index is 13.4. The van der Waals surface area contributed by atoms with Gasteiger partial charge in [0, 0.05) is 23.2 Å². The fourth-order valence-electron chi connectivity index (χ4n) is 2.12. The van der Waals surface area contributed by atoms with E-state index in [2.05, 4.69) is 10.1 Å². The van der Waals surface area contributed by atoms with Gasteiger partial charge in [-0.1, -0.05) is 11.3 Å². The number of anilines is 1. The number of thiazole rings is 1. The molecule has 2 heterocycles. The van der Waals surface area contributed by atoms with Gasteiger partial charge in [0.25, 0.3) is 5.19 Å². The summed E-state index contributed by atoms with van der Waals surface area (Å²) in [6, 6.07) is 4.88. The summed E-state index contributed by atoms with van der Waals surface area (Å²) in [5, 5.41) is 6.70. The maximum Gasteiger partial charge on any atom is 0.279 e. The molecule has 0 amide bonds. The van der Waals surface area contributed by atoms with E-state index in [1.165, 1.54) is 36.3 Å². The number of aromatic nitrogens is 3. The van der Waals surface area contributed by atoms with Crippen LogP contribution in [0, 0.1) is 5.82 Å². The molecule has 0 atom stereocenters. The molecule has 1 aliphatic carbocycles. The Morgan fingerprint density at radius 2 is 2.23 bits per heavy atom. The third-order valence-electron chi connectivity index (χ3n) is 3.48. The average molecular weight is 316 g/mol. The lowest BCUT2D eigenvalue weighted by molar-refractivity contribution is 0.474. The minimum Gasteiger partial charge on any atom is -0.431 e. The van der Waals surface area contributed by atoms with Crippen LogP contribution in [0.2, 0.25) is 0 Å². The summed E-state index contributed by atoms with van der Waals surface area (Å²) in [4.78, 5) is 4.41. The van der Waals surface area contributed by atoms with E-state index >= 15 is 0 Å². The number of ether oxygens (including phenoxy) is 1. The van der Waals surface area contributed by atoms with E-state index in [-0.39, 0.29) is 5.69 Å². The Hall–Kier alpha value is -2.41. The Kier molecular flexibility index (Phi) is 3.07. The predicted octanol–water partition coefficient (Wildman–Crippen LogP) is 3.86. The zero-order chi connectivity index (χ0) is 15.1. The zero-order valence-electron chi connectivity index (χ0n) is 11.6. The van der Waals surface area contributed by atoms with Gasteiger partial charge >= 0.3 is 0 Å². The van der Waals surface area contributed by atoms with Gasteiger partial charge in [0.2, 0.25) is 0 Å². The van der Waals surface area contributed by atoms with Crippen molar-refractivity contribution >= 4 is 17.0 Å². The molecule has 4 rings (SSSR count). The fourth-order valence-corrected chi connectivity index (χ4v) is 2.81. The molecule has 0 saturated heterocycles. The van der Waals surface area contributed by atoms with E-state index in [1.54, 1.807) is 12.3 Å². The number of benzene rings is 1. The van der Waals surface area contributed by atoms with Crippen molar-refractivity contribution in [3.05, 3.63) is 41.8 Å². The van der Waals surface area contributed by atoms with E-state index in [0.717, 1.165) is 11.3 Å². The van der Waals surface area contributed by atoms with Crippen molar-refractivity contribution < 1.29 is 9.13 Å². The number of rotatable bonds is 4. The maximum absolute atomic E-state index is 13.4. The van der Waals surface area contributed by atoms with Crippen LogP contribution in [0.1, 0.15) is 18.9 Å². The monoisotopic (exact) mass is 316 g/mol. The van der Waals surface area contributed by atoms with Crippen molar-refractivity contribution in [3.8, 4) is 22.2 Å². The highest BCUT2D eigenvalue weighted by molar-refractivity contribution is 7.11. The normalized spacial score (nSPS) is 14.2. The largest absolute Gasteiger partial charge is 0.431 e. The first-order chi connectivity index (χ1) is 10.7. The van der Waals surface area contributed by atoms with Crippen LogP contribution in [0.4, 0.5) is 10.1 Å². The first kappa shape index (κ1) is 13.3. The summed E-state index contributed by atoms with van der Waals surface area (Å²) in [6.45, 7) is 0. The Bertz CT molecular complexity index is 825. The number of nitrogen functional groups attached to an aromatic ring is 1. The molecule has 0 aliphatic heterocycles. The second-order valence-electron chi connectivity index (χ2n) is 5.22. The van der Waals surface area contributed by atoms with Crippen LogP contribution in [0.15, 0.2) is 36.0 Å². The second kappa shape index (κ2) is 5.10. The molecule has 112 valence electrons. The van der Waals surface area contributed by atoms with Crippen LogP contribution in [0.25, 0.3) is 11.3 Å². The quantitative estimate of drug-likeness (QED) is 0.742. The Balaban J connectivity index is 1.53. The standard InChI is InChI=1S/C15H13FN4OS/c16-12-5-11(3-4-13(12)17)21-15-19-14(8-22-15)9-6-18-20(7-9)10-1-2-10/h3-8,10H,1-2,17H2. The molecule has 0 unspecified atom stereocenters. The van der Waals surface area contributed by atoms with E-state index in [9.17, 15) is 4.39 Å². The summed E-state index contributed by atoms with van der Waals surface area (Å²) < 4.78 is 20.9. The molecule has 3 aromatic rings. The molecular formula is C15H13FN4OS. The van der Waals surface area contributed by atoms with Crippen LogP contribution in [0.3, 0.4) is 0 Å². The minimum absolute atomic E-state index is 0.0969. The molecule has 22 heavy (non-hydrogen) atoms. The molecule has 1 aromatic carbocycles. The van der Waals surface area contributed by atoms with E-state index in [1.807, 2.05) is 16.3 Å². The summed E-state index contributed by atoms with van der Waals surface area (Å²) in [5.41, 5.74) is 7.31. The highest BCUT2D eigenvalue weighted by Crippen LogP contribution is 2.36. The molecule has 2 N–H and O–H groups in total. The van der Waals surface area contributed by atoms with Gasteiger partial charge in [-0.3, -0.25) is 4.68 Å². The molecule has 1 fully saturated rings. The van der Waals surface area contributed by atoms with Gasteiger partial charge in [0.15, 0.2) is 0 Å². The first-order valence-electron chi connectivity index (χ1n) is 6.92. The molecule has 1 saturated carbocycles. The van der Waals surface area contributed by atoms with E-state index < -0.39 is 5.82 Å². The zero-order valence-corrected chi connectivity index (χ0v) is 12.4.